The lowest BCUT2D eigenvalue weighted by Gasteiger charge is -2.32. The minimum atomic E-state index is -0.790. The first-order valence-electron chi connectivity index (χ1n) is 5.46. The van der Waals surface area contributed by atoms with Crippen molar-refractivity contribution in [3.05, 3.63) is 34.3 Å². The van der Waals surface area contributed by atoms with Gasteiger partial charge in [-0.2, -0.15) is 0 Å². The highest BCUT2D eigenvalue weighted by atomic mass is 79.9. The number of morpholine rings is 1. The molecular weight excluding hydrogens is 286 g/mol. The molecule has 0 spiro atoms. The van der Waals surface area contributed by atoms with E-state index in [4.69, 9.17) is 9.84 Å². The Hall–Kier alpha value is -0.910. The molecule has 17 heavy (non-hydrogen) atoms. The summed E-state index contributed by atoms with van der Waals surface area (Å²) in [6.07, 6.45) is -0.0313. The van der Waals surface area contributed by atoms with Crippen LogP contribution in [0.4, 0.5) is 0 Å². The van der Waals surface area contributed by atoms with E-state index in [1.54, 1.807) is 0 Å². The molecule has 0 radical (unpaired) electrons. The Kier molecular flexibility index (Phi) is 4.15. The smallest absolute Gasteiger partial charge is 0.317 e. The molecule has 1 aliphatic heterocycles. The molecule has 1 heterocycles. The SMILES string of the molecule is O=C(O)CN1CCO[C@@H](c2ccc(Br)cc2)C1. The van der Waals surface area contributed by atoms with Crippen LogP contribution in [-0.2, 0) is 9.53 Å². The summed E-state index contributed by atoms with van der Waals surface area (Å²) in [6.45, 7) is 1.97. The van der Waals surface area contributed by atoms with Gasteiger partial charge in [-0.25, -0.2) is 0 Å². The molecule has 5 heteroatoms. The van der Waals surface area contributed by atoms with Gasteiger partial charge in [0, 0.05) is 17.6 Å². The van der Waals surface area contributed by atoms with Gasteiger partial charge in [0.2, 0.25) is 0 Å². The molecule has 1 aliphatic rings. The van der Waals surface area contributed by atoms with Gasteiger partial charge in [-0.05, 0) is 17.7 Å². The molecule has 1 atom stereocenters. The molecule has 4 nitrogen and oxygen atoms in total. The largest absolute Gasteiger partial charge is 0.480 e. The summed E-state index contributed by atoms with van der Waals surface area (Å²) >= 11 is 3.39. The molecule has 92 valence electrons. The van der Waals surface area contributed by atoms with Gasteiger partial charge in [0.1, 0.15) is 0 Å². The number of carbonyl (C=O) groups is 1. The van der Waals surface area contributed by atoms with Crippen molar-refractivity contribution >= 4 is 21.9 Å². The molecule has 0 amide bonds. The minimum Gasteiger partial charge on any atom is -0.480 e. The van der Waals surface area contributed by atoms with E-state index in [1.807, 2.05) is 29.2 Å². The molecule has 0 aromatic heterocycles. The third-order valence-corrected chi connectivity index (χ3v) is 3.28. The number of rotatable bonds is 3. The predicted molar refractivity (Wildman–Crippen MR) is 66.9 cm³/mol. The standard InChI is InChI=1S/C12H14BrNO3/c13-10-3-1-9(2-4-10)11-7-14(5-6-17-11)8-12(15)16/h1-4,11H,5-8H2,(H,15,16)/t11-/m1/s1. The second-order valence-corrected chi connectivity index (χ2v) is 4.96. The van der Waals surface area contributed by atoms with Gasteiger partial charge in [0.25, 0.3) is 0 Å². The summed E-state index contributed by atoms with van der Waals surface area (Å²) in [7, 11) is 0. The second kappa shape index (κ2) is 5.62. The maximum Gasteiger partial charge on any atom is 0.317 e. The first kappa shape index (κ1) is 12.5. The van der Waals surface area contributed by atoms with Gasteiger partial charge in [-0.15, -0.1) is 0 Å². The molecule has 1 saturated heterocycles. The fraction of sp³-hybridized carbons (Fsp3) is 0.417. The van der Waals surface area contributed by atoms with Crippen LogP contribution in [0.5, 0.6) is 0 Å². The van der Waals surface area contributed by atoms with E-state index in [0.717, 1.165) is 10.0 Å². The zero-order valence-electron chi connectivity index (χ0n) is 9.30. The molecule has 1 aromatic carbocycles. The Morgan fingerprint density at radius 1 is 1.47 bits per heavy atom. The molecule has 0 aliphatic carbocycles. The van der Waals surface area contributed by atoms with Crippen LogP contribution < -0.4 is 0 Å². The van der Waals surface area contributed by atoms with Crippen molar-refractivity contribution in [2.45, 2.75) is 6.10 Å². The highest BCUT2D eigenvalue weighted by molar-refractivity contribution is 9.10. The fourth-order valence-electron chi connectivity index (χ4n) is 1.92. The van der Waals surface area contributed by atoms with Gasteiger partial charge in [-0.1, -0.05) is 28.1 Å². The average Bonchev–Trinajstić information content (AvgIpc) is 2.29. The zero-order valence-corrected chi connectivity index (χ0v) is 10.9. The van der Waals surface area contributed by atoms with Crippen LogP contribution in [0.3, 0.4) is 0 Å². The summed E-state index contributed by atoms with van der Waals surface area (Å²) in [4.78, 5) is 12.6. The Bertz CT molecular complexity index is 393. The number of ether oxygens (including phenoxy) is 1. The first-order valence-corrected chi connectivity index (χ1v) is 6.25. The minimum absolute atomic E-state index is 0.0313. The van der Waals surface area contributed by atoms with Gasteiger partial charge >= 0.3 is 5.97 Å². The molecule has 2 rings (SSSR count). The van der Waals surface area contributed by atoms with Gasteiger partial charge in [-0.3, -0.25) is 9.69 Å². The molecule has 0 saturated carbocycles. The number of nitrogens with zero attached hydrogens (tertiary/aromatic N) is 1. The van der Waals surface area contributed by atoms with E-state index in [0.29, 0.717) is 19.7 Å². The maximum absolute atomic E-state index is 10.7. The van der Waals surface area contributed by atoms with Crippen LogP contribution in [0, 0.1) is 0 Å². The molecule has 1 fully saturated rings. The van der Waals surface area contributed by atoms with Crippen LogP contribution in [0.15, 0.2) is 28.7 Å². The third kappa shape index (κ3) is 3.52. The lowest BCUT2D eigenvalue weighted by Crippen LogP contribution is -2.41. The number of hydrogen-bond acceptors (Lipinski definition) is 3. The van der Waals surface area contributed by atoms with E-state index in [2.05, 4.69) is 15.9 Å². The first-order chi connectivity index (χ1) is 8.15. The molecule has 1 N–H and O–H groups in total. The molecular formula is C12H14BrNO3. The highest BCUT2D eigenvalue weighted by Crippen LogP contribution is 2.23. The van der Waals surface area contributed by atoms with Crippen molar-refractivity contribution in [2.75, 3.05) is 26.2 Å². The third-order valence-electron chi connectivity index (χ3n) is 2.75. The van der Waals surface area contributed by atoms with Crippen molar-refractivity contribution in [3.63, 3.8) is 0 Å². The fourth-order valence-corrected chi connectivity index (χ4v) is 2.18. The zero-order chi connectivity index (χ0) is 12.3. The van der Waals surface area contributed by atoms with Crippen LogP contribution in [-0.4, -0.2) is 42.2 Å². The van der Waals surface area contributed by atoms with Gasteiger partial charge < -0.3 is 9.84 Å². The summed E-state index contributed by atoms with van der Waals surface area (Å²) in [5.41, 5.74) is 1.09. The van der Waals surface area contributed by atoms with Crippen molar-refractivity contribution in [1.82, 2.24) is 4.90 Å². The number of aliphatic carboxylic acids is 1. The number of hydrogen-bond donors (Lipinski definition) is 1. The van der Waals surface area contributed by atoms with Crippen LogP contribution in [0.2, 0.25) is 0 Å². The number of benzene rings is 1. The normalized spacial score (nSPS) is 21.4. The predicted octanol–water partition coefficient (Wildman–Crippen LogP) is 1.91. The Balaban J connectivity index is 2.01. The maximum atomic E-state index is 10.7. The van der Waals surface area contributed by atoms with E-state index >= 15 is 0 Å². The quantitative estimate of drug-likeness (QED) is 0.926. The Labute approximate surface area is 108 Å². The lowest BCUT2D eigenvalue weighted by molar-refractivity contribution is -0.140. The lowest BCUT2D eigenvalue weighted by atomic mass is 10.1. The Morgan fingerprint density at radius 2 is 2.18 bits per heavy atom. The summed E-state index contributed by atoms with van der Waals surface area (Å²) in [5, 5.41) is 8.77. The topological polar surface area (TPSA) is 49.8 Å². The van der Waals surface area contributed by atoms with Crippen LogP contribution in [0.1, 0.15) is 11.7 Å². The van der Waals surface area contributed by atoms with E-state index in [1.165, 1.54) is 0 Å². The molecule has 1 aromatic rings. The second-order valence-electron chi connectivity index (χ2n) is 4.04. The van der Waals surface area contributed by atoms with Gasteiger partial charge in [0.05, 0.1) is 19.3 Å². The summed E-state index contributed by atoms with van der Waals surface area (Å²) < 4.78 is 6.69. The summed E-state index contributed by atoms with van der Waals surface area (Å²) in [6, 6.07) is 7.93. The average molecular weight is 300 g/mol. The monoisotopic (exact) mass is 299 g/mol. The van der Waals surface area contributed by atoms with Crippen molar-refractivity contribution in [3.8, 4) is 0 Å². The van der Waals surface area contributed by atoms with E-state index in [9.17, 15) is 4.79 Å². The van der Waals surface area contributed by atoms with E-state index < -0.39 is 5.97 Å². The van der Waals surface area contributed by atoms with Crippen molar-refractivity contribution in [1.29, 1.82) is 0 Å². The number of carboxylic acid groups (broad SMARTS) is 1. The van der Waals surface area contributed by atoms with Gasteiger partial charge in [0.15, 0.2) is 0 Å². The molecule has 0 bridgehead atoms. The van der Waals surface area contributed by atoms with E-state index in [-0.39, 0.29) is 12.6 Å². The van der Waals surface area contributed by atoms with Crippen LogP contribution in [0.25, 0.3) is 0 Å². The molecule has 0 unspecified atom stereocenters. The number of carboxylic acids is 1. The number of halogens is 1. The van der Waals surface area contributed by atoms with Crippen molar-refractivity contribution < 1.29 is 14.6 Å². The summed E-state index contributed by atoms with van der Waals surface area (Å²) in [5.74, 6) is -0.790. The van der Waals surface area contributed by atoms with Crippen LogP contribution >= 0.6 is 15.9 Å². The van der Waals surface area contributed by atoms with Crippen molar-refractivity contribution in [2.24, 2.45) is 0 Å². The Morgan fingerprint density at radius 3 is 2.82 bits per heavy atom. The highest BCUT2D eigenvalue weighted by Gasteiger charge is 2.23.